The number of anilines is 1. The van der Waals surface area contributed by atoms with Gasteiger partial charge in [0.1, 0.15) is 11.6 Å². The normalized spacial score (nSPS) is 16.1. The van der Waals surface area contributed by atoms with E-state index in [4.69, 9.17) is 4.74 Å². The molecule has 2 aromatic rings. The van der Waals surface area contributed by atoms with Crippen LogP contribution in [-0.2, 0) is 4.79 Å². The number of carbonyl (C=O) groups is 1. The predicted molar refractivity (Wildman–Crippen MR) is 121 cm³/mol. The summed E-state index contributed by atoms with van der Waals surface area (Å²) in [6.45, 7) is 15.3. The quantitative estimate of drug-likeness (QED) is 0.712. The third-order valence-corrected chi connectivity index (χ3v) is 5.97. The van der Waals surface area contributed by atoms with Gasteiger partial charge in [0.15, 0.2) is 5.60 Å². The van der Waals surface area contributed by atoms with Crippen LogP contribution in [0.1, 0.15) is 70.5 Å². The Morgan fingerprint density at radius 3 is 2.60 bits per heavy atom. The molecule has 2 heterocycles. The minimum atomic E-state index is -1.02. The van der Waals surface area contributed by atoms with Crippen LogP contribution in [0.5, 0.6) is 5.75 Å². The van der Waals surface area contributed by atoms with E-state index in [1.807, 2.05) is 37.6 Å². The molecule has 0 bridgehead atoms. The van der Waals surface area contributed by atoms with E-state index in [0.29, 0.717) is 12.0 Å². The zero-order valence-corrected chi connectivity index (χ0v) is 19.2. The Kier molecular flexibility index (Phi) is 6.86. The molecule has 0 radical (unpaired) electrons. The zero-order valence-electron chi connectivity index (χ0n) is 19.2. The van der Waals surface area contributed by atoms with Gasteiger partial charge in [0, 0.05) is 19.2 Å². The number of carbonyl (C=O) groups excluding carboxylic acids is 1. The predicted octanol–water partition coefficient (Wildman–Crippen LogP) is 4.77. The Balaban J connectivity index is 1.72. The fourth-order valence-electron chi connectivity index (χ4n) is 3.98. The molecule has 6 nitrogen and oxygen atoms in total. The van der Waals surface area contributed by atoms with Gasteiger partial charge in [-0.15, -0.1) is 0 Å². The number of amides is 1. The van der Waals surface area contributed by atoms with Crippen molar-refractivity contribution in [3.63, 3.8) is 0 Å². The van der Waals surface area contributed by atoms with Crippen LogP contribution in [0.15, 0.2) is 30.5 Å². The Bertz CT molecular complexity index is 864. The van der Waals surface area contributed by atoms with Gasteiger partial charge >= 0.3 is 0 Å². The van der Waals surface area contributed by atoms with Crippen molar-refractivity contribution in [1.29, 1.82) is 0 Å². The smallest absolute Gasteiger partial charge is 0.269 e. The molecule has 6 heteroatoms. The standard InChI is InChI=1S/C24H36N4O2/c1-7-27-14-11-19(12-15-27)28-22(10-13-25-28)26-23(29)24(5,6)30-21-16-18(4)8-9-20(21)17(2)3/h8-10,13,16-17,19H,7,11-12,14-15H2,1-6H3,(H,26,29). The summed E-state index contributed by atoms with van der Waals surface area (Å²) in [6, 6.07) is 8.35. The summed E-state index contributed by atoms with van der Waals surface area (Å²) in [6.07, 6.45) is 3.84. The van der Waals surface area contributed by atoms with Gasteiger partial charge in [-0.05, 0) is 63.3 Å². The number of ether oxygens (including phenoxy) is 1. The summed E-state index contributed by atoms with van der Waals surface area (Å²) >= 11 is 0. The number of rotatable bonds is 7. The molecular weight excluding hydrogens is 376 g/mol. The van der Waals surface area contributed by atoms with Gasteiger partial charge in [0.05, 0.1) is 12.2 Å². The lowest BCUT2D eigenvalue weighted by Crippen LogP contribution is -2.43. The monoisotopic (exact) mass is 412 g/mol. The van der Waals surface area contributed by atoms with Gasteiger partial charge < -0.3 is 15.0 Å². The summed E-state index contributed by atoms with van der Waals surface area (Å²) in [5, 5.41) is 7.56. The SMILES string of the molecule is CCN1CCC(n2nccc2NC(=O)C(C)(C)Oc2cc(C)ccc2C(C)C)CC1. The third kappa shape index (κ3) is 5.04. The third-order valence-electron chi connectivity index (χ3n) is 5.97. The molecule has 1 amide bonds. The number of hydrogen-bond donors (Lipinski definition) is 1. The Hall–Kier alpha value is -2.34. The van der Waals surface area contributed by atoms with Crippen molar-refractivity contribution in [1.82, 2.24) is 14.7 Å². The number of hydrogen-bond acceptors (Lipinski definition) is 4. The van der Waals surface area contributed by atoms with Gasteiger partial charge in [-0.1, -0.05) is 32.9 Å². The molecule has 0 saturated carbocycles. The molecule has 3 rings (SSSR count). The molecule has 1 saturated heterocycles. The molecule has 164 valence electrons. The van der Waals surface area contributed by atoms with Crippen molar-refractivity contribution in [3.8, 4) is 5.75 Å². The summed E-state index contributed by atoms with van der Waals surface area (Å²) in [5.41, 5.74) is 1.20. The number of piperidine rings is 1. The highest BCUT2D eigenvalue weighted by atomic mass is 16.5. The van der Waals surface area contributed by atoms with E-state index in [0.717, 1.165) is 55.2 Å². The number of benzene rings is 1. The molecule has 30 heavy (non-hydrogen) atoms. The van der Waals surface area contributed by atoms with Crippen LogP contribution in [0.3, 0.4) is 0 Å². The number of aryl methyl sites for hydroxylation is 1. The first-order chi connectivity index (χ1) is 14.2. The van der Waals surface area contributed by atoms with Crippen LogP contribution < -0.4 is 10.1 Å². The molecule has 0 spiro atoms. The van der Waals surface area contributed by atoms with Crippen LogP contribution in [0.4, 0.5) is 5.82 Å². The number of aromatic nitrogens is 2. The van der Waals surface area contributed by atoms with Crippen LogP contribution in [0, 0.1) is 6.92 Å². The second-order valence-corrected chi connectivity index (χ2v) is 9.09. The first-order valence-corrected chi connectivity index (χ1v) is 11.1. The van der Waals surface area contributed by atoms with Crippen LogP contribution in [0.25, 0.3) is 0 Å². The maximum Gasteiger partial charge on any atom is 0.269 e. The Morgan fingerprint density at radius 2 is 1.97 bits per heavy atom. The van der Waals surface area contributed by atoms with Gasteiger partial charge in [-0.25, -0.2) is 4.68 Å². The Morgan fingerprint density at radius 1 is 1.27 bits per heavy atom. The molecule has 1 aliphatic rings. The molecule has 0 aliphatic carbocycles. The number of likely N-dealkylation sites (tertiary alicyclic amines) is 1. The first-order valence-electron chi connectivity index (χ1n) is 11.1. The second-order valence-electron chi connectivity index (χ2n) is 9.09. The van der Waals surface area contributed by atoms with E-state index in [2.05, 4.69) is 48.2 Å². The molecular formula is C24H36N4O2. The van der Waals surface area contributed by atoms with E-state index >= 15 is 0 Å². The topological polar surface area (TPSA) is 59.4 Å². The molecule has 1 aromatic carbocycles. The lowest BCUT2D eigenvalue weighted by molar-refractivity contribution is -0.128. The van der Waals surface area contributed by atoms with Gasteiger partial charge in [0.2, 0.25) is 0 Å². The van der Waals surface area contributed by atoms with Crippen molar-refractivity contribution in [2.75, 3.05) is 25.0 Å². The van der Waals surface area contributed by atoms with Crippen LogP contribution in [-0.4, -0.2) is 45.8 Å². The van der Waals surface area contributed by atoms with E-state index in [-0.39, 0.29) is 5.91 Å². The van der Waals surface area contributed by atoms with Crippen LogP contribution >= 0.6 is 0 Å². The van der Waals surface area contributed by atoms with Gasteiger partial charge in [-0.3, -0.25) is 4.79 Å². The van der Waals surface area contributed by atoms with Crippen molar-refractivity contribution in [2.45, 2.75) is 71.9 Å². The zero-order chi connectivity index (χ0) is 21.9. The fourth-order valence-corrected chi connectivity index (χ4v) is 3.98. The van der Waals surface area contributed by atoms with Crippen molar-refractivity contribution in [3.05, 3.63) is 41.6 Å². The maximum atomic E-state index is 13.2. The molecule has 1 aromatic heterocycles. The first kappa shape index (κ1) is 22.3. The van der Waals surface area contributed by atoms with Crippen molar-refractivity contribution in [2.24, 2.45) is 0 Å². The van der Waals surface area contributed by atoms with E-state index < -0.39 is 5.60 Å². The van der Waals surface area contributed by atoms with Crippen molar-refractivity contribution < 1.29 is 9.53 Å². The lowest BCUT2D eigenvalue weighted by atomic mass is 10.00. The highest BCUT2D eigenvalue weighted by Crippen LogP contribution is 2.31. The summed E-state index contributed by atoms with van der Waals surface area (Å²) in [4.78, 5) is 15.6. The van der Waals surface area contributed by atoms with Crippen molar-refractivity contribution >= 4 is 11.7 Å². The minimum Gasteiger partial charge on any atom is -0.478 e. The largest absolute Gasteiger partial charge is 0.478 e. The highest BCUT2D eigenvalue weighted by Gasteiger charge is 2.32. The lowest BCUT2D eigenvalue weighted by Gasteiger charge is -2.32. The molecule has 1 N–H and O–H groups in total. The van der Waals surface area contributed by atoms with Gasteiger partial charge in [-0.2, -0.15) is 5.10 Å². The average Bonchev–Trinajstić information content (AvgIpc) is 3.15. The molecule has 1 fully saturated rings. The minimum absolute atomic E-state index is 0.175. The van der Waals surface area contributed by atoms with E-state index in [9.17, 15) is 4.79 Å². The highest BCUT2D eigenvalue weighted by molar-refractivity contribution is 5.96. The fraction of sp³-hybridized carbons (Fsp3) is 0.583. The number of nitrogens with zero attached hydrogens (tertiary/aromatic N) is 3. The van der Waals surface area contributed by atoms with Crippen LogP contribution in [0.2, 0.25) is 0 Å². The summed E-state index contributed by atoms with van der Waals surface area (Å²) in [5.74, 6) is 1.65. The van der Waals surface area contributed by atoms with Gasteiger partial charge in [0.25, 0.3) is 5.91 Å². The maximum absolute atomic E-state index is 13.2. The molecule has 0 atom stereocenters. The average molecular weight is 413 g/mol. The second kappa shape index (κ2) is 9.21. The Labute approximate surface area is 180 Å². The number of nitrogens with one attached hydrogen (secondary N) is 1. The molecule has 1 aliphatic heterocycles. The summed E-state index contributed by atoms with van der Waals surface area (Å²) in [7, 11) is 0. The summed E-state index contributed by atoms with van der Waals surface area (Å²) < 4.78 is 8.22. The van der Waals surface area contributed by atoms with E-state index in [1.165, 1.54) is 0 Å². The van der Waals surface area contributed by atoms with E-state index in [1.54, 1.807) is 6.20 Å². The molecule has 0 unspecified atom stereocenters.